The van der Waals surface area contributed by atoms with Crippen LogP contribution in [-0.4, -0.2) is 34.4 Å². The van der Waals surface area contributed by atoms with Gasteiger partial charge in [-0.05, 0) is 12.1 Å². The van der Waals surface area contributed by atoms with Gasteiger partial charge in [0.25, 0.3) is 0 Å². The second-order valence-corrected chi connectivity index (χ2v) is 5.35. The van der Waals surface area contributed by atoms with Gasteiger partial charge in [-0.25, -0.2) is 27.9 Å². The fourth-order valence-corrected chi connectivity index (χ4v) is 2.32. The first-order chi connectivity index (χ1) is 8.99. The molecule has 2 aromatic heterocycles. The standard InChI is InChI=1S/C10H10N4O4S/c15-10(16)9-3-8(5-12-9)19(17,18)14-4-7-1-2-11-6-13-7/h1-3,5-6,12,14H,4H2,(H,15,16). The third-order valence-electron chi connectivity index (χ3n) is 2.28. The maximum absolute atomic E-state index is 11.9. The number of hydrogen-bond acceptors (Lipinski definition) is 5. The van der Waals surface area contributed by atoms with Crippen molar-refractivity contribution in [3.63, 3.8) is 0 Å². The van der Waals surface area contributed by atoms with Crippen LogP contribution in [0.3, 0.4) is 0 Å². The Hall–Kier alpha value is -2.26. The SMILES string of the molecule is O=C(O)c1cc(S(=O)(=O)NCc2ccncn2)c[nH]1. The Morgan fingerprint density at radius 1 is 1.47 bits per heavy atom. The summed E-state index contributed by atoms with van der Waals surface area (Å²) in [5.41, 5.74) is 0.315. The van der Waals surface area contributed by atoms with E-state index in [1.807, 2.05) is 0 Å². The van der Waals surface area contributed by atoms with Gasteiger partial charge in [-0.2, -0.15) is 0 Å². The van der Waals surface area contributed by atoms with Gasteiger partial charge in [0.15, 0.2) is 0 Å². The molecule has 2 heterocycles. The highest BCUT2D eigenvalue weighted by atomic mass is 32.2. The molecule has 9 heteroatoms. The second kappa shape index (κ2) is 5.16. The number of nitrogens with zero attached hydrogens (tertiary/aromatic N) is 2. The predicted octanol–water partition coefficient (Wildman–Crippen LogP) is -0.0186. The van der Waals surface area contributed by atoms with Crippen molar-refractivity contribution in [1.29, 1.82) is 0 Å². The molecule has 0 fully saturated rings. The Kier molecular flexibility index (Phi) is 3.58. The van der Waals surface area contributed by atoms with E-state index in [4.69, 9.17) is 5.11 Å². The van der Waals surface area contributed by atoms with Crippen LogP contribution in [-0.2, 0) is 16.6 Å². The fraction of sp³-hybridized carbons (Fsp3) is 0.100. The Labute approximate surface area is 108 Å². The van der Waals surface area contributed by atoms with E-state index in [-0.39, 0.29) is 17.1 Å². The molecule has 0 saturated heterocycles. The molecule has 0 unspecified atom stereocenters. The molecule has 100 valence electrons. The van der Waals surface area contributed by atoms with Crippen molar-refractivity contribution in [1.82, 2.24) is 19.7 Å². The van der Waals surface area contributed by atoms with E-state index in [0.29, 0.717) is 5.69 Å². The summed E-state index contributed by atoms with van der Waals surface area (Å²) >= 11 is 0. The van der Waals surface area contributed by atoms with Crippen LogP contribution < -0.4 is 4.72 Å². The van der Waals surface area contributed by atoms with Crippen molar-refractivity contribution in [2.24, 2.45) is 0 Å². The molecule has 0 aliphatic carbocycles. The molecule has 0 amide bonds. The fourth-order valence-electron chi connectivity index (χ4n) is 1.33. The number of carboxylic acids is 1. The maximum Gasteiger partial charge on any atom is 0.352 e. The molecule has 0 aliphatic heterocycles. The number of rotatable bonds is 5. The molecular formula is C10H10N4O4S. The molecule has 0 aromatic carbocycles. The van der Waals surface area contributed by atoms with Crippen molar-refractivity contribution in [2.75, 3.05) is 0 Å². The third kappa shape index (κ3) is 3.14. The number of carbonyl (C=O) groups is 1. The van der Waals surface area contributed by atoms with Gasteiger partial charge in [0.05, 0.1) is 12.2 Å². The number of H-pyrrole nitrogens is 1. The van der Waals surface area contributed by atoms with Crippen LogP contribution in [0.25, 0.3) is 0 Å². The summed E-state index contributed by atoms with van der Waals surface area (Å²) in [4.78, 5) is 20.5. The summed E-state index contributed by atoms with van der Waals surface area (Å²) in [6, 6.07) is 2.62. The number of aromatic nitrogens is 3. The van der Waals surface area contributed by atoms with Crippen LogP contribution >= 0.6 is 0 Å². The third-order valence-corrected chi connectivity index (χ3v) is 3.66. The first kappa shape index (κ1) is 13.2. The zero-order valence-corrected chi connectivity index (χ0v) is 10.4. The lowest BCUT2D eigenvalue weighted by atomic mass is 10.4. The van der Waals surface area contributed by atoms with E-state index >= 15 is 0 Å². The molecule has 8 nitrogen and oxygen atoms in total. The minimum atomic E-state index is -3.78. The van der Waals surface area contributed by atoms with Gasteiger partial charge in [0, 0.05) is 12.4 Å². The van der Waals surface area contributed by atoms with E-state index in [2.05, 4.69) is 19.7 Å². The van der Waals surface area contributed by atoms with Gasteiger partial charge in [-0.3, -0.25) is 0 Å². The second-order valence-electron chi connectivity index (χ2n) is 3.58. The molecule has 2 rings (SSSR count). The first-order valence-electron chi connectivity index (χ1n) is 5.15. The predicted molar refractivity (Wildman–Crippen MR) is 63.8 cm³/mol. The summed E-state index contributed by atoms with van der Waals surface area (Å²) in [6.45, 7) is -0.00155. The van der Waals surface area contributed by atoms with E-state index in [1.165, 1.54) is 12.5 Å². The van der Waals surface area contributed by atoms with Crippen molar-refractivity contribution in [2.45, 2.75) is 11.4 Å². The van der Waals surface area contributed by atoms with Crippen molar-refractivity contribution < 1.29 is 18.3 Å². The highest BCUT2D eigenvalue weighted by molar-refractivity contribution is 7.89. The van der Waals surface area contributed by atoms with Crippen LogP contribution in [0, 0.1) is 0 Å². The summed E-state index contributed by atoms with van der Waals surface area (Å²) < 4.78 is 26.1. The van der Waals surface area contributed by atoms with Crippen LogP contribution in [0.15, 0.2) is 35.7 Å². The number of aromatic amines is 1. The topological polar surface area (TPSA) is 125 Å². The molecule has 0 atom stereocenters. The largest absolute Gasteiger partial charge is 0.477 e. The highest BCUT2D eigenvalue weighted by Gasteiger charge is 2.17. The molecule has 19 heavy (non-hydrogen) atoms. The molecule has 3 N–H and O–H groups in total. The summed E-state index contributed by atoms with van der Waals surface area (Å²) in [6.07, 6.45) is 3.92. The number of sulfonamides is 1. The van der Waals surface area contributed by atoms with Gasteiger partial charge < -0.3 is 10.1 Å². The molecule has 0 bridgehead atoms. The van der Waals surface area contributed by atoms with Gasteiger partial charge in [-0.1, -0.05) is 0 Å². The van der Waals surface area contributed by atoms with Gasteiger partial charge in [0.2, 0.25) is 10.0 Å². The lowest BCUT2D eigenvalue weighted by molar-refractivity contribution is 0.0691. The maximum atomic E-state index is 11.9. The zero-order chi connectivity index (χ0) is 13.9. The number of carboxylic acid groups (broad SMARTS) is 1. The number of nitrogens with one attached hydrogen (secondary N) is 2. The van der Waals surface area contributed by atoms with Crippen LogP contribution in [0.2, 0.25) is 0 Å². The Balaban J connectivity index is 2.12. The van der Waals surface area contributed by atoms with E-state index in [1.54, 1.807) is 6.07 Å². The van der Waals surface area contributed by atoms with Crippen LogP contribution in [0.4, 0.5) is 0 Å². The quantitative estimate of drug-likeness (QED) is 0.707. The molecule has 0 saturated carbocycles. The molecule has 0 radical (unpaired) electrons. The minimum Gasteiger partial charge on any atom is -0.477 e. The number of aromatic carboxylic acids is 1. The molecule has 2 aromatic rings. The Morgan fingerprint density at radius 2 is 2.26 bits per heavy atom. The molecular weight excluding hydrogens is 272 g/mol. The smallest absolute Gasteiger partial charge is 0.352 e. The first-order valence-corrected chi connectivity index (χ1v) is 6.63. The molecule has 0 aliphatic rings. The van der Waals surface area contributed by atoms with Gasteiger partial charge in [-0.15, -0.1) is 0 Å². The van der Waals surface area contributed by atoms with Gasteiger partial charge in [0.1, 0.15) is 16.9 Å². The Bertz CT molecular complexity index is 681. The Morgan fingerprint density at radius 3 is 2.84 bits per heavy atom. The summed E-state index contributed by atoms with van der Waals surface area (Å²) in [5.74, 6) is -1.22. The van der Waals surface area contributed by atoms with Crippen molar-refractivity contribution >= 4 is 16.0 Å². The highest BCUT2D eigenvalue weighted by Crippen LogP contribution is 2.11. The lowest BCUT2D eigenvalue weighted by Crippen LogP contribution is -2.23. The van der Waals surface area contributed by atoms with Crippen molar-refractivity contribution in [3.8, 4) is 0 Å². The average Bonchev–Trinajstić information content (AvgIpc) is 2.88. The van der Waals surface area contributed by atoms with Crippen LogP contribution in [0.5, 0.6) is 0 Å². The molecule has 0 spiro atoms. The van der Waals surface area contributed by atoms with Crippen LogP contribution in [0.1, 0.15) is 16.2 Å². The average molecular weight is 282 g/mol. The van der Waals surface area contributed by atoms with E-state index < -0.39 is 16.0 Å². The summed E-state index contributed by atoms with van der Waals surface area (Å²) in [7, 11) is -3.78. The monoisotopic (exact) mass is 282 g/mol. The zero-order valence-electron chi connectivity index (χ0n) is 9.57. The normalized spacial score (nSPS) is 11.4. The van der Waals surface area contributed by atoms with Gasteiger partial charge >= 0.3 is 5.97 Å². The number of hydrogen-bond donors (Lipinski definition) is 3. The summed E-state index contributed by atoms with van der Waals surface area (Å²) in [5, 5.41) is 8.71. The van der Waals surface area contributed by atoms with E-state index in [9.17, 15) is 13.2 Å². The van der Waals surface area contributed by atoms with E-state index in [0.717, 1.165) is 12.3 Å². The minimum absolute atomic E-state index is 0.00155. The van der Waals surface area contributed by atoms with Crippen molar-refractivity contribution in [3.05, 3.63) is 42.2 Å². The lowest BCUT2D eigenvalue weighted by Gasteiger charge is -2.03.